The number of amides is 1. The second-order valence-corrected chi connectivity index (χ2v) is 8.29. The monoisotopic (exact) mass is 394 g/mol. The molecule has 0 spiro atoms. The summed E-state index contributed by atoms with van der Waals surface area (Å²) in [7, 11) is -3.71. The van der Waals surface area contributed by atoms with E-state index in [-0.39, 0.29) is 17.2 Å². The van der Waals surface area contributed by atoms with E-state index in [0.717, 1.165) is 16.7 Å². The van der Waals surface area contributed by atoms with Crippen molar-refractivity contribution in [1.82, 2.24) is 0 Å². The fourth-order valence-corrected chi connectivity index (χ4v) is 4.08. The zero-order valence-electron chi connectivity index (χ0n) is 15.8. The molecule has 1 amide bonds. The maximum absolute atomic E-state index is 12.7. The third-order valence-electron chi connectivity index (χ3n) is 4.37. The van der Waals surface area contributed by atoms with Crippen LogP contribution < -0.4 is 10.0 Å². The summed E-state index contributed by atoms with van der Waals surface area (Å²) in [5, 5.41) is 2.78. The van der Waals surface area contributed by atoms with Crippen LogP contribution in [-0.2, 0) is 21.2 Å². The average molecular weight is 394 g/mol. The second-order valence-electron chi connectivity index (χ2n) is 6.61. The molecule has 0 radical (unpaired) electrons. The van der Waals surface area contributed by atoms with Crippen LogP contribution in [0.1, 0.15) is 16.7 Å². The topological polar surface area (TPSA) is 75.3 Å². The van der Waals surface area contributed by atoms with E-state index in [1.807, 2.05) is 62.4 Å². The first kappa shape index (κ1) is 19.6. The highest BCUT2D eigenvalue weighted by Crippen LogP contribution is 2.24. The molecule has 144 valence electrons. The number of benzene rings is 3. The van der Waals surface area contributed by atoms with Gasteiger partial charge in [0.2, 0.25) is 5.91 Å². The van der Waals surface area contributed by atoms with E-state index in [1.54, 1.807) is 12.1 Å². The molecule has 2 N–H and O–H groups in total. The molecule has 5 nitrogen and oxygen atoms in total. The summed E-state index contributed by atoms with van der Waals surface area (Å²) >= 11 is 0. The molecular weight excluding hydrogens is 372 g/mol. The summed E-state index contributed by atoms with van der Waals surface area (Å²) < 4.78 is 28.0. The quantitative estimate of drug-likeness (QED) is 0.655. The van der Waals surface area contributed by atoms with Gasteiger partial charge in [-0.05, 0) is 54.8 Å². The maximum atomic E-state index is 12.7. The van der Waals surface area contributed by atoms with Crippen LogP contribution in [0.5, 0.6) is 0 Å². The van der Waals surface area contributed by atoms with Crippen LogP contribution in [0.25, 0.3) is 0 Å². The van der Waals surface area contributed by atoms with Crippen LogP contribution in [-0.4, -0.2) is 14.3 Å². The molecule has 0 aliphatic rings. The van der Waals surface area contributed by atoms with Gasteiger partial charge in [-0.1, -0.05) is 48.5 Å². The number of carbonyl (C=O) groups is 1. The van der Waals surface area contributed by atoms with Crippen LogP contribution in [0.4, 0.5) is 11.4 Å². The van der Waals surface area contributed by atoms with E-state index in [9.17, 15) is 13.2 Å². The molecule has 0 aliphatic heterocycles. The van der Waals surface area contributed by atoms with Gasteiger partial charge in [-0.2, -0.15) is 0 Å². The van der Waals surface area contributed by atoms with Crippen LogP contribution in [0.15, 0.2) is 77.7 Å². The van der Waals surface area contributed by atoms with Crippen molar-refractivity contribution in [1.29, 1.82) is 0 Å². The lowest BCUT2D eigenvalue weighted by atomic mass is 10.1. The standard InChI is InChI=1S/C22H22N2O3S/c1-16-7-6-8-17(2)22(16)24-28(26,27)20-13-11-19(12-14-20)23-21(25)15-18-9-4-3-5-10-18/h3-14,24H,15H2,1-2H3,(H,23,25). The van der Waals surface area contributed by atoms with Crippen LogP contribution in [0.3, 0.4) is 0 Å². The normalized spacial score (nSPS) is 11.1. The lowest BCUT2D eigenvalue weighted by Gasteiger charge is -2.13. The molecule has 3 aromatic carbocycles. The van der Waals surface area contributed by atoms with Gasteiger partial charge in [-0.3, -0.25) is 9.52 Å². The molecule has 0 unspecified atom stereocenters. The first-order valence-electron chi connectivity index (χ1n) is 8.88. The molecule has 3 aromatic rings. The van der Waals surface area contributed by atoms with Gasteiger partial charge in [-0.25, -0.2) is 8.42 Å². The molecule has 0 bridgehead atoms. The smallest absolute Gasteiger partial charge is 0.261 e. The van der Waals surface area contributed by atoms with E-state index >= 15 is 0 Å². The minimum atomic E-state index is -3.71. The first-order valence-corrected chi connectivity index (χ1v) is 10.4. The predicted molar refractivity (Wildman–Crippen MR) is 112 cm³/mol. The van der Waals surface area contributed by atoms with Gasteiger partial charge in [0.25, 0.3) is 10.0 Å². The molecule has 0 atom stereocenters. The van der Waals surface area contributed by atoms with E-state index in [2.05, 4.69) is 10.0 Å². The number of nitrogens with one attached hydrogen (secondary N) is 2. The highest BCUT2D eigenvalue weighted by molar-refractivity contribution is 7.92. The Hall–Kier alpha value is -3.12. The summed E-state index contributed by atoms with van der Waals surface area (Å²) in [6, 6.07) is 21.2. The largest absolute Gasteiger partial charge is 0.326 e. The van der Waals surface area contributed by atoms with Gasteiger partial charge in [0.1, 0.15) is 0 Å². The maximum Gasteiger partial charge on any atom is 0.261 e. The number of carbonyl (C=O) groups excluding carboxylic acids is 1. The Kier molecular flexibility index (Phi) is 5.80. The molecule has 6 heteroatoms. The van der Waals surface area contributed by atoms with Gasteiger partial charge in [0.15, 0.2) is 0 Å². The number of sulfonamides is 1. The highest BCUT2D eigenvalue weighted by atomic mass is 32.2. The summed E-state index contributed by atoms with van der Waals surface area (Å²) in [4.78, 5) is 12.3. The van der Waals surface area contributed by atoms with Crippen molar-refractivity contribution >= 4 is 27.3 Å². The van der Waals surface area contributed by atoms with Crippen molar-refractivity contribution < 1.29 is 13.2 Å². The number of rotatable bonds is 6. The number of aryl methyl sites for hydroxylation is 2. The van der Waals surface area contributed by atoms with Crippen LogP contribution in [0, 0.1) is 13.8 Å². The lowest BCUT2D eigenvalue weighted by molar-refractivity contribution is -0.115. The molecule has 0 aromatic heterocycles. The van der Waals surface area contributed by atoms with Crippen molar-refractivity contribution in [2.24, 2.45) is 0 Å². The summed E-state index contributed by atoms with van der Waals surface area (Å²) in [5.74, 6) is -0.157. The molecule has 3 rings (SSSR count). The minimum Gasteiger partial charge on any atom is -0.326 e. The van der Waals surface area contributed by atoms with Crippen molar-refractivity contribution in [3.05, 3.63) is 89.5 Å². The van der Waals surface area contributed by atoms with E-state index in [0.29, 0.717) is 11.4 Å². The summed E-state index contributed by atoms with van der Waals surface area (Å²) in [6.07, 6.45) is 0.259. The molecule has 0 saturated carbocycles. The third kappa shape index (κ3) is 4.78. The fraction of sp³-hybridized carbons (Fsp3) is 0.136. The SMILES string of the molecule is Cc1cccc(C)c1NS(=O)(=O)c1ccc(NC(=O)Cc2ccccc2)cc1. The first-order chi connectivity index (χ1) is 13.3. The van der Waals surface area contributed by atoms with Gasteiger partial charge < -0.3 is 5.32 Å². The number of hydrogen-bond acceptors (Lipinski definition) is 3. The van der Waals surface area contributed by atoms with Crippen molar-refractivity contribution in [2.75, 3.05) is 10.0 Å². The Balaban J connectivity index is 1.70. The predicted octanol–water partition coefficient (Wildman–Crippen LogP) is 4.29. The molecule has 0 aliphatic carbocycles. The summed E-state index contributed by atoms with van der Waals surface area (Å²) in [5.41, 5.74) is 3.76. The number of hydrogen-bond donors (Lipinski definition) is 2. The van der Waals surface area contributed by atoms with E-state index in [1.165, 1.54) is 12.1 Å². The Morgan fingerprint density at radius 3 is 2.04 bits per heavy atom. The molecule has 28 heavy (non-hydrogen) atoms. The van der Waals surface area contributed by atoms with Crippen molar-refractivity contribution in [3.63, 3.8) is 0 Å². The van der Waals surface area contributed by atoms with Gasteiger partial charge in [0.05, 0.1) is 17.0 Å². The fourth-order valence-electron chi connectivity index (χ4n) is 2.87. The summed E-state index contributed by atoms with van der Waals surface area (Å²) in [6.45, 7) is 3.71. The average Bonchev–Trinajstić information content (AvgIpc) is 2.66. The highest BCUT2D eigenvalue weighted by Gasteiger charge is 2.16. The number of para-hydroxylation sites is 1. The van der Waals surface area contributed by atoms with Gasteiger partial charge in [-0.15, -0.1) is 0 Å². The van der Waals surface area contributed by atoms with Crippen molar-refractivity contribution in [3.8, 4) is 0 Å². The Morgan fingerprint density at radius 2 is 1.43 bits per heavy atom. The molecule has 0 fully saturated rings. The van der Waals surface area contributed by atoms with Gasteiger partial charge >= 0.3 is 0 Å². The Labute approximate surface area is 165 Å². The Morgan fingerprint density at radius 1 is 0.821 bits per heavy atom. The molecular formula is C22H22N2O3S. The van der Waals surface area contributed by atoms with E-state index in [4.69, 9.17) is 0 Å². The molecule has 0 heterocycles. The third-order valence-corrected chi connectivity index (χ3v) is 5.74. The number of anilines is 2. The minimum absolute atomic E-state index is 0.135. The van der Waals surface area contributed by atoms with Crippen LogP contribution >= 0.6 is 0 Å². The zero-order chi connectivity index (χ0) is 20.1. The van der Waals surface area contributed by atoms with Crippen LogP contribution in [0.2, 0.25) is 0 Å². The van der Waals surface area contributed by atoms with Crippen molar-refractivity contribution in [2.45, 2.75) is 25.2 Å². The van der Waals surface area contributed by atoms with Gasteiger partial charge in [0, 0.05) is 5.69 Å². The van der Waals surface area contributed by atoms with E-state index < -0.39 is 10.0 Å². The zero-order valence-corrected chi connectivity index (χ0v) is 16.6. The lowest BCUT2D eigenvalue weighted by Crippen LogP contribution is -2.16. The molecule has 0 saturated heterocycles. The Bertz CT molecular complexity index is 1060. The second kappa shape index (κ2) is 8.27.